The van der Waals surface area contributed by atoms with Gasteiger partial charge in [-0.15, -0.1) is 0 Å². The molecule has 0 fully saturated rings. The van der Waals surface area contributed by atoms with Gasteiger partial charge >= 0.3 is 6.16 Å². The van der Waals surface area contributed by atoms with Crippen molar-refractivity contribution in [1.29, 1.82) is 0 Å². The molecule has 1 atom stereocenters. The standard InChI is InChI=1S/C17H15N3O6/c1-9-15(26-17(22)25-2)13(10-5-3-4-6-12(10)20(23)24)14-11(19-9)7-8-18-16(14)21/h3-8,13,19H,1-2H3,(H,18,21). The zero-order chi connectivity index (χ0) is 18.8. The van der Waals surface area contributed by atoms with E-state index in [4.69, 9.17) is 4.74 Å². The van der Waals surface area contributed by atoms with E-state index in [0.29, 0.717) is 11.4 Å². The molecule has 134 valence electrons. The van der Waals surface area contributed by atoms with Crippen LogP contribution in [0.5, 0.6) is 0 Å². The molecule has 1 aromatic heterocycles. The summed E-state index contributed by atoms with van der Waals surface area (Å²) in [5.41, 5.74) is 0.730. The SMILES string of the molecule is COC(=O)OC1=C(C)Nc2cc[nH]c(=O)c2C1c1ccccc1[N+](=O)[O-]. The van der Waals surface area contributed by atoms with Crippen LogP contribution in [0.15, 0.2) is 52.8 Å². The second-order valence-corrected chi connectivity index (χ2v) is 5.55. The van der Waals surface area contributed by atoms with Crippen molar-refractivity contribution in [2.24, 2.45) is 0 Å². The number of nitro groups is 1. The summed E-state index contributed by atoms with van der Waals surface area (Å²) in [5, 5.41) is 14.5. The monoisotopic (exact) mass is 357 g/mol. The third-order valence-corrected chi connectivity index (χ3v) is 4.05. The lowest BCUT2D eigenvalue weighted by molar-refractivity contribution is -0.385. The van der Waals surface area contributed by atoms with Crippen LogP contribution in [0.25, 0.3) is 0 Å². The van der Waals surface area contributed by atoms with E-state index in [2.05, 4.69) is 15.0 Å². The molecule has 9 heteroatoms. The number of aromatic nitrogens is 1. The van der Waals surface area contributed by atoms with Gasteiger partial charge in [-0.3, -0.25) is 14.9 Å². The Morgan fingerprint density at radius 1 is 1.27 bits per heavy atom. The van der Waals surface area contributed by atoms with Crippen LogP contribution >= 0.6 is 0 Å². The van der Waals surface area contributed by atoms with Gasteiger partial charge < -0.3 is 19.8 Å². The minimum atomic E-state index is -0.986. The normalized spacial score (nSPS) is 15.7. The van der Waals surface area contributed by atoms with E-state index < -0.39 is 22.6 Å². The second kappa shape index (κ2) is 6.71. The Hall–Kier alpha value is -3.62. The number of fused-ring (bicyclic) bond motifs is 1. The molecule has 0 radical (unpaired) electrons. The maximum atomic E-state index is 12.5. The molecule has 26 heavy (non-hydrogen) atoms. The number of methoxy groups -OCH3 is 1. The fourth-order valence-corrected chi connectivity index (χ4v) is 2.96. The summed E-state index contributed by atoms with van der Waals surface area (Å²) < 4.78 is 9.79. The van der Waals surface area contributed by atoms with Gasteiger partial charge in [-0.1, -0.05) is 18.2 Å². The number of hydrogen-bond acceptors (Lipinski definition) is 7. The molecule has 0 aliphatic carbocycles. The highest BCUT2D eigenvalue weighted by atomic mass is 16.7. The molecule has 1 aliphatic heterocycles. The topological polar surface area (TPSA) is 124 Å². The molecule has 2 heterocycles. The van der Waals surface area contributed by atoms with Crippen molar-refractivity contribution in [3.05, 3.63) is 79.6 Å². The van der Waals surface area contributed by atoms with Crippen molar-refractivity contribution in [3.63, 3.8) is 0 Å². The average molecular weight is 357 g/mol. The Morgan fingerprint density at radius 3 is 2.69 bits per heavy atom. The Balaban J connectivity index is 2.29. The van der Waals surface area contributed by atoms with Gasteiger partial charge in [0.15, 0.2) is 0 Å². The largest absolute Gasteiger partial charge is 0.513 e. The number of nitrogens with one attached hydrogen (secondary N) is 2. The maximum absolute atomic E-state index is 12.5. The lowest BCUT2D eigenvalue weighted by Crippen LogP contribution is -2.28. The summed E-state index contributed by atoms with van der Waals surface area (Å²) in [6, 6.07) is 7.64. The van der Waals surface area contributed by atoms with E-state index in [9.17, 15) is 19.7 Å². The van der Waals surface area contributed by atoms with Gasteiger partial charge in [-0.25, -0.2) is 4.79 Å². The minimum Gasteiger partial charge on any atom is -0.437 e. The highest BCUT2D eigenvalue weighted by Crippen LogP contribution is 2.43. The van der Waals surface area contributed by atoms with Crippen LogP contribution in [0.2, 0.25) is 0 Å². The predicted molar refractivity (Wildman–Crippen MR) is 91.8 cm³/mol. The lowest BCUT2D eigenvalue weighted by atomic mass is 9.85. The Kier molecular flexibility index (Phi) is 4.44. The first-order valence-corrected chi connectivity index (χ1v) is 7.62. The molecule has 1 aromatic carbocycles. The zero-order valence-electron chi connectivity index (χ0n) is 13.9. The first-order valence-electron chi connectivity index (χ1n) is 7.62. The summed E-state index contributed by atoms with van der Waals surface area (Å²) >= 11 is 0. The van der Waals surface area contributed by atoms with E-state index in [1.54, 1.807) is 19.1 Å². The molecule has 3 rings (SSSR count). The van der Waals surface area contributed by atoms with Crippen molar-refractivity contribution < 1.29 is 19.2 Å². The van der Waals surface area contributed by atoms with Crippen molar-refractivity contribution in [2.45, 2.75) is 12.8 Å². The number of allylic oxidation sites excluding steroid dienone is 2. The Morgan fingerprint density at radius 2 is 2.00 bits per heavy atom. The number of H-pyrrole nitrogens is 1. The van der Waals surface area contributed by atoms with Crippen LogP contribution in [0.3, 0.4) is 0 Å². The second-order valence-electron chi connectivity index (χ2n) is 5.55. The predicted octanol–water partition coefficient (Wildman–Crippen LogP) is 2.86. The van der Waals surface area contributed by atoms with Crippen molar-refractivity contribution in [1.82, 2.24) is 4.98 Å². The Bertz CT molecular complexity index is 978. The molecule has 0 amide bonds. The third-order valence-electron chi connectivity index (χ3n) is 4.05. The maximum Gasteiger partial charge on any atom is 0.513 e. The number of nitrogens with zero attached hydrogens (tertiary/aromatic N) is 1. The highest BCUT2D eigenvalue weighted by molar-refractivity contribution is 5.69. The fraction of sp³-hybridized carbons (Fsp3) is 0.176. The number of anilines is 1. The van der Waals surface area contributed by atoms with Crippen LogP contribution < -0.4 is 10.9 Å². The van der Waals surface area contributed by atoms with E-state index in [-0.39, 0.29) is 22.6 Å². The van der Waals surface area contributed by atoms with Crippen LogP contribution in [0.1, 0.15) is 24.0 Å². The van der Waals surface area contributed by atoms with Gasteiger partial charge in [0.1, 0.15) is 5.76 Å². The van der Waals surface area contributed by atoms with Crippen LogP contribution in [-0.2, 0) is 9.47 Å². The smallest absolute Gasteiger partial charge is 0.437 e. The van der Waals surface area contributed by atoms with Gasteiger partial charge in [0.2, 0.25) is 0 Å². The van der Waals surface area contributed by atoms with Gasteiger partial charge in [-0.05, 0) is 13.0 Å². The number of carbonyl (C=O) groups is 1. The van der Waals surface area contributed by atoms with Crippen molar-refractivity contribution >= 4 is 17.5 Å². The number of pyridine rings is 1. The summed E-state index contributed by atoms with van der Waals surface area (Å²) in [6.45, 7) is 1.64. The number of carbonyl (C=O) groups excluding carboxylic acids is 1. The molecule has 0 bridgehead atoms. The number of hydrogen-bond donors (Lipinski definition) is 2. The van der Waals surface area contributed by atoms with Crippen LogP contribution in [-0.4, -0.2) is 23.2 Å². The summed E-state index contributed by atoms with van der Waals surface area (Å²) in [7, 11) is 1.15. The number of ether oxygens (including phenoxy) is 2. The summed E-state index contributed by atoms with van der Waals surface area (Å²) in [6.07, 6.45) is 0.477. The quantitative estimate of drug-likeness (QED) is 0.492. The average Bonchev–Trinajstić information content (AvgIpc) is 2.62. The molecule has 0 saturated heterocycles. The fourth-order valence-electron chi connectivity index (χ4n) is 2.96. The van der Waals surface area contributed by atoms with Gasteiger partial charge in [-0.2, -0.15) is 0 Å². The van der Waals surface area contributed by atoms with E-state index >= 15 is 0 Å². The Labute approximate surface area is 147 Å². The third kappa shape index (κ3) is 2.90. The zero-order valence-corrected chi connectivity index (χ0v) is 13.9. The van der Waals surface area contributed by atoms with E-state index in [1.807, 2.05) is 0 Å². The first-order chi connectivity index (χ1) is 12.4. The summed E-state index contributed by atoms with van der Waals surface area (Å²) in [4.78, 5) is 37.7. The highest BCUT2D eigenvalue weighted by Gasteiger charge is 2.37. The van der Waals surface area contributed by atoms with E-state index in [1.165, 1.54) is 24.4 Å². The minimum absolute atomic E-state index is 0.0651. The van der Waals surface area contributed by atoms with Gasteiger partial charge in [0.05, 0.1) is 29.2 Å². The van der Waals surface area contributed by atoms with Crippen molar-refractivity contribution in [2.75, 3.05) is 12.4 Å². The molecule has 2 N–H and O–H groups in total. The number of nitro benzene ring substituents is 1. The van der Waals surface area contributed by atoms with Gasteiger partial charge in [0.25, 0.3) is 11.2 Å². The lowest BCUT2D eigenvalue weighted by Gasteiger charge is -2.28. The van der Waals surface area contributed by atoms with Crippen LogP contribution in [0.4, 0.5) is 16.2 Å². The number of rotatable bonds is 3. The molecule has 9 nitrogen and oxygen atoms in total. The summed E-state index contributed by atoms with van der Waals surface area (Å²) in [5.74, 6) is -0.882. The molecule has 0 spiro atoms. The molecule has 1 aliphatic rings. The van der Waals surface area contributed by atoms with Gasteiger partial charge in [0, 0.05) is 23.5 Å². The molecule has 0 saturated carbocycles. The first kappa shape index (κ1) is 17.2. The molecule has 1 unspecified atom stereocenters. The number of benzene rings is 1. The molecule has 2 aromatic rings. The number of para-hydroxylation sites is 1. The van der Waals surface area contributed by atoms with E-state index in [0.717, 1.165) is 7.11 Å². The number of aromatic amines is 1. The van der Waals surface area contributed by atoms with Crippen LogP contribution in [0, 0.1) is 10.1 Å². The molecular weight excluding hydrogens is 342 g/mol. The molecular formula is C17H15N3O6. The van der Waals surface area contributed by atoms with Crippen molar-refractivity contribution in [3.8, 4) is 0 Å².